The molecule has 37 heavy (non-hydrogen) atoms. The minimum atomic E-state index is -0.714. The number of nitrogens with zero attached hydrogens (tertiary/aromatic N) is 1. The molecule has 8 heteroatoms. The van der Waals surface area contributed by atoms with E-state index in [1.165, 1.54) is 24.0 Å². The number of ether oxygens (including phenoxy) is 3. The average molecular weight is 517 g/mol. The average Bonchev–Trinajstić information content (AvgIpc) is 3.06. The highest BCUT2D eigenvalue weighted by Crippen LogP contribution is 2.39. The van der Waals surface area contributed by atoms with Crippen molar-refractivity contribution in [1.29, 1.82) is 0 Å². The Labute approximate surface area is 219 Å². The number of aryl methyl sites for hydroxylation is 1. The van der Waals surface area contributed by atoms with Crippen molar-refractivity contribution in [1.82, 2.24) is 4.68 Å². The number of nitrogens with one attached hydrogen (secondary N) is 1. The molecule has 1 aromatic heterocycles. The molecule has 1 atom stereocenters. The van der Waals surface area contributed by atoms with Crippen molar-refractivity contribution in [2.24, 2.45) is 0 Å². The molecule has 3 aromatic carbocycles. The normalized spacial score (nSPS) is 14.0. The number of hydrogen-bond acceptors (Lipinski definition) is 6. The van der Waals surface area contributed by atoms with Crippen LogP contribution in [0.3, 0.4) is 0 Å². The van der Waals surface area contributed by atoms with Crippen molar-refractivity contribution in [3.05, 3.63) is 128 Å². The zero-order chi connectivity index (χ0) is 25.9. The van der Waals surface area contributed by atoms with E-state index in [9.17, 15) is 9.59 Å². The topological polar surface area (TPSA) is 78.8 Å². The van der Waals surface area contributed by atoms with Crippen LogP contribution >= 0.6 is 11.6 Å². The van der Waals surface area contributed by atoms with E-state index in [0.717, 1.165) is 27.8 Å². The molecule has 188 valence electrons. The third-order valence-electron chi connectivity index (χ3n) is 6.28. The number of hydrogen-bond donors (Lipinski definition) is 1. The van der Waals surface area contributed by atoms with E-state index in [0.29, 0.717) is 17.4 Å². The number of carbonyl (C=O) groups is 1. The largest absolute Gasteiger partial charge is 0.489 e. The van der Waals surface area contributed by atoms with Crippen LogP contribution in [0.15, 0.2) is 83.8 Å². The Kier molecular flexibility index (Phi) is 6.88. The molecule has 0 bridgehead atoms. The number of benzene rings is 3. The van der Waals surface area contributed by atoms with E-state index in [2.05, 4.69) is 5.43 Å². The molecule has 0 spiro atoms. The van der Waals surface area contributed by atoms with Crippen molar-refractivity contribution in [2.75, 3.05) is 12.5 Å². The van der Waals surface area contributed by atoms with Crippen LogP contribution in [0.1, 0.15) is 44.3 Å². The smallest absolute Gasteiger partial charge is 0.360 e. The molecule has 1 N–H and O–H groups in total. The summed E-state index contributed by atoms with van der Waals surface area (Å²) in [6.45, 7) is 2.41. The molecule has 0 saturated carbocycles. The number of carbonyl (C=O) groups excluding carboxylic acids is 1. The SMILES string of the molecule is COC(=O)c1c(OCc2ccccc2)c(=O)ccn1NC1c2ccccc2COc2cc(C)c(Cl)cc21. The third-order valence-corrected chi connectivity index (χ3v) is 6.69. The molecule has 0 amide bonds. The lowest BCUT2D eigenvalue weighted by atomic mass is 9.95. The molecule has 4 aromatic rings. The van der Waals surface area contributed by atoms with Crippen LogP contribution in [0.5, 0.6) is 11.5 Å². The molecule has 0 radical (unpaired) electrons. The zero-order valence-corrected chi connectivity index (χ0v) is 21.1. The first-order valence-corrected chi connectivity index (χ1v) is 12.1. The lowest BCUT2D eigenvalue weighted by Crippen LogP contribution is -2.30. The van der Waals surface area contributed by atoms with E-state index >= 15 is 0 Å². The maximum absolute atomic E-state index is 13.0. The van der Waals surface area contributed by atoms with Gasteiger partial charge in [-0.1, -0.05) is 66.2 Å². The monoisotopic (exact) mass is 516 g/mol. The van der Waals surface area contributed by atoms with Crippen molar-refractivity contribution in [3.63, 3.8) is 0 Å². The molecule has 0 aliphatic carbocycles. The molecule has 1 aliphatic heterocycles. The maximum atomic E-state index is 13.0. The summed E-state index contributed by atoms with van der Waals surface area (Å²) >= 11 is 6.52. The van der Waals surface area contributed by atoms with Crippen LogP contribution in [0.2, 0.25) is 5.02 Å². The Balaban J connectivity index is 1.62. The van der Waals surface area contributed by atoms with Gasteiger partial charge in [-0.15, -0.1) is 0 Å². The standard InChI is InChI=1S/C29H25ClN2O5/c1-18-14-25-22(15-23(18)30)26(21-11-7-6-10-20(21)17-36-25)31-32-13-12-24(33)28(27(32)29(34)35-2)37-16-19-8-4-3-5-9-19/h3-15,26,31H,16-17H2,1-2H3. The summed E-state index contributed by atoms with van der Waals surface area (Å²) in [5.74, 6) is -0.142. The first kappa shape index (κ1) is 24.5. The third kappa shape index (κ3) is 4.90. The Morgan fingerprint density at radius 2 is 1.84 bits per heavy atom. The molecule has 0 saturated heterocycles. The predicted octanol–water partition coefficient (Wildman–Crippen LogP) is 5.40. The number of rotatable bonds is 6. The Morgan fingerprint density at radius 3 is 2.62 bits per heavy atom. The number of fused-ring (bicyclic) bond motifs is 2. The van der Waals surface area contributed by atoms with Gasteiger partial charge in [-0.3, -0.25) is 9.47 Å². The van der Waals surface area contributed by atoms with Gasteiger partial charge in [-0.05, 0) is 41.3 Å². The number of aromatic nitrogens is 1. The molecule has 0 fully saturated rings. The molecular formula is C29H25ClN2O5. The van der Waals surface area contributed by atoms with Crippen LogP contribution in [-0.2, 0) is 18.0 Å². The number of pyridine rings is 1. The summed E-state index contributed by atoms with van der Waals surface area (Å²) in [5.41, 5.74) is 7.37. The molecule has 1 unspecified atom stereocenters. The second-order valence-electron chi connectivity index (χ2n) is 8.68. The fourth-order valence-electron chi connectivity index (χ4n) is 4.35. The van der Waals surface area contributed by atoms with Gasteiger partial charge in [-0.25, -0.2) is 4.79 Å². The summed E-state index contributed by atoms with van der Waals surface area (Å²) in [6, 6.07) is 21.9. The maximum Gasteiger partial charge on any atom is 0.360 e. The summed E-state index contributed by atoms with van der Waals surface area (Å²) in [6.07, 6.45) is 1.49. The molecule has 1 aliphatic rings. The highest BCUT2D eigenvalue weighted by atomic mass is 35.5. The minimum Gasteiger partial charge on any atom is -0.489 e. The van der Waals surface area contributed by atoms with Crippen LogP contribution in [0.4, 0.5) is 0 Å². The highest BCUT2D eigenvalue weighted by Gasteiger charge is 2.28. The first-order chi connectivity index (χ1) is 18.0. The Morgan fingerprint density at radius 1 is 1.08 bits per heavy atom. The molecule has 5 rings (SSSR count). The van der Waals surface area contributed by atoms with Crippen LogP contribution in [0, 0.1) is 6.92 Å². The summed E-state index contributed by atoms with van der Waals surface area (Å²) in [4.78, 5) is 25.8. The molecular weight excluding hydrogens is 492 g/mol. The Bertz CT molecular complexity index is 1520. The highest BCUT2D eigenvalue weighted by molar-refractivity contribution is 6.31. The van der Waals surface area contributed by atoms with Gasteiger partial charge >= 0.3 is 5.97 Å². The van der Waals surface area contributed by atoms with E-state index in [-0.39, 0.29) is 18.1 Å². The number of halogens is 1. The lowest BCUT2D eigenvalue weighted by Gasteiger charge is -2.26. The number of esters is 1. The van der Waals surface area contributed by atoms with Crippen LogP contribution < -0.4 is 20.3 Å². The van der Waals surface area contributed by atoms with Crippen molar-refractivity contribution < 1.29 is 19.0 Å². The molecule has 2 heterocycles. The summed E-state index contributed by atoms with van der Waals surface area (Å²) < 4.78 is 18.5. The van der Waals surface area contributed by atoms with E-state index in [1.54, 1.807) is 0 Å². The van der Waals surface area contributed by atoms with Gasteiger partial charge in [0.05, 0.1) is 13.2 Å². The summed E-state index contributed by atoms with van der Waals surface area (Å²) in [7, 11) is 1.26. The van der Waals surface area contributed by atoms with Gasteiger partial charge in [0.2, 0.25) is 5.43 Å². The van der Waals surface area contributed by atoms with E-state index in [1.807, 2.05) is 73.7 Å². The number of methoxy groups -OCH3 is 1. The quantitative estimate of drug-likeness (QED) is 0.346. The van der Waals surface area contributed by atoms with E-state index in [4.69, 9.17) is 25.8 Å². The molecule has 7 nitrogen and oxygen atoms in total. The summed E-state index contributed by atoms with van der Waals surface area (Å²) in [5, 5.41) is 0.591. The van der Waals surface area contributed by atoms with Gasteiger partial charge in [0.25, 0.3) is 0 Å². The van der Waals surface area contributed by atoms with Crippen molar-refractivity contribution in [3.8, 4) is 11.5 Å². The van der Waals surface area contributed by atoms with Crippen molar-refractivity contribution in [2.45, 2.75) is 26.2 Å². The Hall–Kier alpha value is -4.23. The fourth-order valence-corrected chi connectivity index (χ4v) is 4.52. The van der Waals surface area contributed by atoms with Gasteiger partial charge in [0, 0.05) is 22.8 Å². The van der Waals surface area contributed by atoms with Crippen LogP contribution in [0.25, 0.3) is 0 Å². The second-order valence-corrected chi connectivity index (χ2v) is 9.09. The zero-order valence-electron chi connectivity index (χ0n) is 20.4. The lowest BCUT2D eigenvalue weighted by molar-refractivity contribution is 0.0582. The van der Waals surface area contributed by atoms with Crippen molar-refractivity contribution >= 4 is 17.6 Å². The van der Waals surface area contributed by atoms with Crippen LogP contribution in [-0.4, -0.2) is 17.8 Å². The minimum absolute atomic E-state index is 0.0478. The van der Waals surface area contributed by atoms with Gasteiger partial charge in [0.1, 0.15) is 19.0 Å². The van der Waals surface area contributed by atoms with Gasteiger partial charge in [0.15, 0.2) is 11.4 Å². The van der Waals surface area contributed by atoms with Gasteiger partial charge < -0.3 is 19.6 Å². The van der Waals surface area contributed by atoms with E-state index < -0.39 is 17.4 Å². The first-order valence-electron chi connectivity index (χ1n) is 11.7. The predicted molar refractivity (Wildman–Crippen MR) is 141 cm³/mol. The second kappa shape index (κ2) is 10.4. The van der Waals surface area contributed by atoms with Gasteiger partial charge in [-0.2, -0.15) is 0 Å². The fraction of sp³-hybridized carbons (Fsp3) is 0.172.